The summed E-state index contributed by atoms with van der Waals surface area (Å²) in [5.74, 6) is -0.686. The molecule has 0 saturated carbocycles. The number of carbonyl (C=O) groups excluding carboxylic acids is 1. The van der Waals surface area contributed by atoms with Gasteiger partial charge in [-0.25, -0.2) is 0 Å². The summed E-state index contributed by atoms with van der Waals surface area (Å²) in [4.78, 5) is 10.7. The third-order valence-electron chi connectivity index (χ3n) is 1.53. The fourth-order valence-corrected chi connectivity index (χ4v) is 1.39. The van der Waals surface area contributed by atoms with Gasteiger partial charge in [0, 0.05) is 0 Å². The highest BCUT2D eigenvalue weighted by atomic mass is 35.5. The smallest absolute Gasteiger partial charge is 0.253 e. The summed E-state index contributed by atoms with van der Waals surface area (Å²) in [5.41, 5.74) is 0. The fraction of sp³-hybridized carbons (Fsp3) is 0.857. The van der Waals surface area contributed by atoms with Gasteiger partial charge >= 0.3 is 0 Å². The number of hydrogen-bond acceptors (Lipinski definition) is 3. The Morgan fingerprint density at radius 1 is 1.45 bits per heavy atom. The van der Waals surface area contributed by atoms with Gasteiger partial charge < -0.3 is 9.47 Å². The Morgan fingerprint density at radius 3 is 2.18 bits per heavy atom. The zero-order chi connectivity index (χ0) is 8.65. The van der Waals surface area contributed by atoms with Crippen LogP contribution in [0.2, 0.25) is 0 Å². The molecule has 0 bridgehead atoms. The molecule has 2 atom stereocenters. The summed E-state index contributed by atoms with van der Waals surface area (Å²) in [6.45, 7) is 5.27. The predicted octanol–water partition coefficient (Wildman–Crippen LogP) is 1.29. The zero-order valence-corrected chi connectivity index (χ0v) is 7.51. The molecule has 0 spiro atoms. The quantitative estimate of drug-likeness (QED) is 0.568. The molecule has 1 saturated heterocycles. The van der Waals surface area contributed by atoms with Gasteiger partial charge in [0.1, 0.15) is 0 Å². The van der Waals surface area contributed by atoms with E-state index in [0.717, 1.165) is 0 Å². The summed E-state index contributed by atoms with van der Waals surface area (Å²) in [6.07, 6.45) is -0.873. The van der Waals surface area contributed by atoms with E-state index in [1.807, 2.05) is 0 Å². The van der Waals surface area contributed by atoms with E-state index in [1.165, 1.54) is 0 Å². The predicted molar refractivity (Wildman–Crippen MR) is 40.4 cm³/mol. The number of ether oxygens (including phenoxy) is 2. The molecule has 1 rings (SSSR count). The van der Waals surface area contributed by atoms with Crippen LogP contribution >= 0.6 is 11.6 Å². The van der Waals surface area contributed by atoms with E-state index in [2.05, 4.69) is 0 Å². The maximum atomic E-state index is 10.7. The first-order valence-electron chi connectivity index (χ1n) is 3.47. The van der Waals surface area contributed by atoms with Crippen LogP contribution in [0.25, 0.3) is 0 Å². The molecule has 1 aliphatic rings. The Balaban J connectivity index is 2.66. The topological polar surface area (TPSA) is 35.5 Å². The third kappa shape index (κ3) is 1.92. The van der Waals surface area contributed by atoms with Crippen molar-refractivity contribution in [3.8, 4) is 0 Å². The zero-order valence-electron chi connectivity index (χ0n) is 6.76. The van der Waals surface area contributed by atoms with Crippen molar-refractivity contribution in [2.45, 2.75) is 38.8 Å². The maximum Gasteiger partial charge on any atom is 0.253 e. The lowest BCUT2D eigenvalue weighted by Crippen LogP contribution is -2.26. The lowest BCUT2D eigenvalue weighted by atomic mass is 10.2. The minimum Gasteiger partial charge on any atom is -0.344 e. The van der Waals surface area contributed by atoms with Gasteiger partial charge in [-0.05, 0) is 32.4 Å². The molecule has 1 aliphatic heterocycles. The SMILES string of the molecule is C[C@@H]1OC(C)(C)O[C@@H]1C(=O)Cl. The highest BCUT2D eigenvalue weighted by Gasteiger charge is 2.41. The summed E-state index contributed by atoms with van der Waals surface area (Å²) in [7, 11) is 0. The van der Waals surface area contributed by atoms with Gasteiger partial charge in [0.2, 0.25) is 0 Å². The van der Waals surface area contributed by atoms with Crippen LogP contribution in [0.4, 0.5) is 0 Å². The fourth-order valence-electron chi connectivity index (χ4n) is 1.17. The van der Waals surface area contributed by atoms with E-state index < -0.39 is 17.1 Å². The third-order valence-corrected chi connectivity index (χ3v) is 1.75. The second-order valence-corrected chi connectivity index (χ2v) is 3.44. The van der Waals surface area contributed by atoms with Crippen LogP contribution in [0.1, 0.15) is 20.8 Å². The van der Waals surface area contributed by atoms with Gasteiger partial charge in [-0.1, -0.05) is 0 Å². The molecule has 0 unspecified atom stereocenters. The minimum atomic E-state index is -0.686. The molecule has 4 heteroatoms. The van der Waals surface area contributed by atoms with Gasteiger partial charge in [0.05, 0.1) is 6.10 Å². The molecule has 11 heavy (non-hydrogen) atoms. The number of halogens is 1. The highest BCUT2D eigenvalue weighted by molar-refractivity contribution is 6.64. The van der Waals surface area contributed by atoms with Gasteiger partial charge in [-0.15, -0.1) is 0 Å². The average molecular weight is 179 g/mol. The minimum absolute atomic E-state index is 0.255. The van der Waals surface area contributed by atoms with Crippen LogP contribution in [0.5, 0.6) is 0 Å². The lowest BCUT2D eigenvalue weighted by molar-refractivity contribution is -0.150. The Morgan fingerprint density at radius 2 is 2.00 bits per heavy atom. The van der Waals surface area contributed by atoms with E-state index in [9.17, 15) is 4.79 Å². The van der Waals surface area contributed by atoms with Crippen LogP contribution in [-0.4, -0.2) is 23.2 Å². The van der Waals surface area contributed by atoms with Crippen molar-refractivity contribution < 1.29 is 14.3 Å². The Bertz CT molecular complexity index is 179. The highest BCUT2D eigenvalue weighted by Crippen LogP contribution is 2.28. The molecule has 1 heterocycles. The molecular formula is C7H11ClO3. The van der Waals surface area contributed by atoms with E-state index in [0.29, 0.717) is 0 Å². The molecule has 0 radical (unpaired) electrons. The Kier molecular flexibility index (Phi) is 2.23. The van der Waals surface area contributed by atoms with Crippen molar-refractivity contribution in [2.24, 2.45) is 0 Å². The first-order chi connectivity index (χ1) is 4.92. The normalized spacial score (nSPS) is 35.6. The van der Waals surface area contributed by atoms with Crippen LogP contribution in [0, 0.1) is 0 Å². The van der Waals surface area contributed by atoms with Crippen molar-refractivity contribution >= 4 is 16.8 Å². The molecule has 64 valence electrons. The Labute approximate surface area is 70.6 Å². The largest absolute Gasteiger partial charge is 0.344 e. The van der Waals surface area contributed by atoms with Gasteiger partial charge in [0.25, 0.3) is 5.24 Å². The second-order valence-electron chi connectivity index (χ2n) is 3.07. The standard InChI is InChI=1S/C7H11ClO3/c1-4-5(6(8)9)11-7(2,3)10-4/h4-5H,1-3H3/t4-,5-/m0/s1. The summed E-state index contributed by atoms with van der Waals surface area (Å²) in [5, 5.41) is -0.497. The maximum absolute atomic E-state index is 10.7. The van der Waals surface area contributed by atoms with Crippen molar-refractivity contribution in [3.05, 3.63) is 0 Å². The first kappa shape index (κ1) is 8.97. The van der Waals surface area contributed by atoms with Crippen molar-refractivity contribution in [3.63, 3.8) is 0 Å². The van der Waals surface area contributed by atoms with E-state index in [-0.39, 0.29) is 6.10 Å². The van der Waals surface area contributed by atoms with Gasteiger partial charge in [0.15, 0.2) is 11.9 Å². The van der Waals surface area contributed by atoms with Gasteiger partial charge in [-0.3, -0.25) is 4.79 Å². The molecule has 0 aromatic carbocycles. The van der Waals surface area contributed by atoms with Crippen LogP contribution < -0.4 is 0 Å². The lowest BCUT2D eigenvalue weighted by Gasteiger charge is -2.15. The van der Waals surface area contributed by atoms with Crippen molar-refractivity contribution in [1.29, 1.82) is 0 Å². The van der Waals surface area contributed by atoms with Crippen LogP contribution in [0.3, 0.4) is 0 Å². The molecule has 0 aromatic rings. The van der Waals surface area contributed by atoms with Crippen molar-refractivity contribution in [1.82, 2.24) is 0 Å². The molecule has 0 aromatic heterocycles. The van der Waals surface area contributed by atoms with E-state index in [4.69, 9.17) is 21.1 Å². The molecule has 3 nitrogen and oxygen atoms in total. The first-order valence-corrected chi connectivity index (χ1v) is 3.85. The van der Waals surface area contributed by atoms with Crippen LogP contribution in [-0.2, 0) is 14.3 Å². The van der Waals surface area contributed by atoms with Gasteiger partial charge in [-0.2, -0.15) is 0 Å². The summed E-state index contributed by atoms with van der Waals surface area (Å²) < 4.78 is 10.5. The van der Waals surface area contributed by atoms with Crippen LogP contribution in [0.15, 0.2) is 0 Å². The molecule has 0 amide bonds. The van der Waals surface area contributed by atoms with E-state index in [1.54, 1.807) is 20.8 Å². The average Bonchev–Trinajstić information content (AvgIpc) is 2.05. The van der Waals surface area contributed by atoms with E-state index >= 15 is 0 Å². The summed E-state index contributed by atoms with van der Waals surface area (Å²) >= 11 is 5.26. The van der Waals surface area contributed by atoms with Crippen molar-refractivity contribution in [2.75, 3.05) is 0 Å². The molecule has 1 fully saturated rings. The number of hydrogen-bond donors (Lipinski definition) is 0. The summed E-state index contributed by atoms with van der Waals surface area (Å²) in [6, 6.07) is 0. The molecular weight excluding hydrogens is 168 g/mol. The second kappa shape index (κ2) is 2.73. The Hall–Kier alpha value is -0.120. The number of rotatable bonds is 1. The monoisotopic (exact) mass is 178 g/mol. The molecule has 0 aliphatic carbocycles. The molecule has 0 N–H and O–H groups in total. The number of carbonyl (C=O) groups is 1.